The van der Waals surface area contributed by atoms with Gasteiger partial charge in [0.15, 0.2) is 0 Å². The molecule has 50 heavy (non-hydrogen) atoms. The summed E-state index contributed by atoms with van der Waals surface area (Å²) in [7, 11) is 0. The van der Waals surface area contributed by atoms with E-state index in [1.54, 1.807) is 52.0 Å². The van der Waals surface area contributed by atoms with E-state index in [0.29, 0.717) is 24.0 Å². The normalized spacial score (nSPS) is 11.6. The van der Waals surface area contributed by atoms with E-state index >= 15 is 0 Å². The van der Waals surface area contributed by atoms with Crippen molar-refractivity contribution in [2.75, 3.05) is 13.2 Å². The van der Waals surface area contributed by atoms with E-state index in [-0.39, 0.29) is 13.2 Å². The van der Waals surface area contributed by atoms with Crippen LogP contribution in [0, 0.1) is 0 Å². The van der Waals surface area contributed by atoms with Crippen molar-refractivity contribution in [3.05, 3.63) is 35.4 Å². The number of hydrogen-bond acceptors (Lipinski definition) is 10. The predicted octanol–water partition coefficient (Wildman–Crippen LogP) is 10.0. The minimum absolute atomic E-state index is 0.145. The molecule has 0 spiro atoms. The average molecular weight is 707 g/mol. The molecule has 1 aromatic carbocycles. The summed E-state index contributed by atoms with van der Waals surface area (Å²) in [6.07, 6.45) is 23.0. The van der Waals surface area contributed by atoms with E-state index in [9.17, 15) is 19.2 Å². The highest BCUT2D eigenvalue weighted by Crippen LogP contribution is 2.31. The van der Waals surface area contributed by atoms with Crippen molar-refractivity contribution in [1.29, 1.82) is 0 Å². The fourth-order valence-corrected chi connectivity index (χ4v) is 5.34. The molecular formula is C40H66O10. The highest BCUT2D eigenvalue weighted by molar-refractivity contribution is 6.29. The molecule has 1 aromatic rings. The van der Waals surface area contributed by atoms with Gasteiger partial charge in [-0.2, -0.15) is 9.78 Å². The molecule has 0 aliphatic rings. The smallest absolute Gasteiger partial charge is 0.449 e. The van der Waals surface area contributed by atoms with Crippen LogP contribution in [0.5, 0.6) is 0 Å². The predicted molar refractivity (Wildman–Crippen MR) is 192 cm³/mol. The van der Waals surface area contributed by atoms with Gasteiger partial charge in [0.1, 0.15) is 11.2 Å². The number of rotatable bonds is 28. The van der Waals surface area contributed by atoms with Gasteiger partial charge in [-0.15, -0.1) is 0 Å². The monoisotopic (exact) mass is 706 g/mol. The van der Waals surface area contributed by atoms with Gasteiger partial charge in [0.05, 0.1) is 13.2 Å². The first kappa shape index (κ1) is 45.0. The van der Waals surface area contributed by atoms with Crippen LogP contribution in [-0.4, -0.2) is 37.1 Å². The van der Waals surface area contributed by atoms with Gasteiger partial charge in [0.25, 0.3) is 0 Å². The van der Waals surface area contributed by atoms with Gasteiger partial charge in [-0.25, -0.2) is 19.2 Å². The van der Waals surface area contributed by atoms with Crippen molar-refractivity contribution in [1.82, 2.24) is 0 Å². The quantitative estimate of drug-likeness (QED) is 0.0273. The zero-order chi connectivity index (χ0) is 37.1. The zero-order valence-corrected chi connectivity index (χ0v) is 31.9. The standard InChI is InChI=1S/C40H66O10/c1-7-9-11-13-15-17-19-21-23-25-30-45-35(41)37(43)47-49-39(3,4)33-28-27-29-34(32-33)40(5,6)50-48-38(44)36(42)46-31-26-24-22-20-18-16-14-12-10-8-2/h27-29,32H,7-26,30-31H2,1-6H3. The van der Waals surface area contributed by atoms with E-state index in [1.165, 1.54) is 77.0 Å². The Bertz CT molecular complexity index is 1020. The van der Waals surface area contributed by atoms with Gasteiger partial charge in [-0.05, 0) is 57.7 Å². The lowest BCUT2D eigenvalue weighted by atomic mass is 9.91. The summed E-state index contributed by atoms with van der Waals surface area (Å²) >= 11 is 0. The number of hydrogen-bond donors (Lipinski definition) is 0. The van der Waals surface area contributed by atoms with Gasteiger partial charge in [0.2, 0.25) is 0 Å². The van der Waals surface area contributed by atoms with Crippen LogP contribution in [0.15, 0.2) is 24.3 Å². The number of carbonyl (C=O) groups is 4. The van der Waals surface area contributed by atoms with Crippen molar-refractivity contribution < 1.29 is 48.2 Å². The lowest BCUT2D eigenvalue weighted by Crippen LogP contribution is -2.30. The fourth-order valence-electron chi connectivity index (χ4n) is 5.34. The van der Waals surface area contributed by atoms with Crippen LogP contribution < -0.4 is 0 Å². The third-order valence-corrected chi connectivity index (χ3v) is 8.70. The van der Waals surface area contributed by atoms with Crippen molar-refractivity contribution >= 4 is 23.9 Å². The summed E-state index contributed by atoms with van der Waals surface area (Å²) in [6.45, 7) is 11.4. The second kappa shape index (κ2) is 26.8. The number of ether oxygens (including phenoxy) is 2. The van der Waals surface area contributed by atoms with E-state index in [4.69, 9.17) is 29.0 Å². The van der Waals surface area contributed by atoms with Crippen LogP contribution in [0.3, 0.4) is 0 Å². The average Bonchev–Trinajstić information content (AvgIpc) is 3.10. The number of unbranched alkanes of at least 4 members (excludes halogenated alkanes) is 18. The molecule has 1 rings (SSSR count). The van der Waals surface area contributed by atoms with E-state index in [2.05, 4.69) is 13.8 Å². The Balaban J connectivity index is 2.37. The Kier molecular flexibility index (Phi) is 24.1. The maximum atomic E-state index is 12.2. The second-order valence-electron chi connectivity index (χ2n) is 14.1. The lowest BCUT2D eigenvalue weighted by Gasteiger charge is -2.27. The molecule has 0 amide bonds. The molecule has 0 saturated heterocycles. The molecule has 0 radical (unpaired) electrons. The zero-order valence-electron chi connectivity index (χ0n) is 31.9. The molecule has 10 nitrogen and oxygen atoms in total. The minimum Gasteiger partial charge on any atom is -0.457 e. The van der Waals surface area contributed by atoms with Gasteiger partial charge in [-0.3, -0.25) is 9.78 Å². The summed E-state index contributed by atoms with van der Waals surface area (Å²) in [6, 6.07) is 6.93. The van der Waals surface area contributed by atoms with E-state index in [0.717, 1.165) is 38.5 Å². The Labute approximate surface area is 301 Å². The number of benzene rings is 1. The van der Waals surface area contributed by atoms with Crippen LogP contribution >= 0.6 is 0 Å². The molecule has 10 heteroatoms. The van der Waals surface area contributed by atoms with Gasteiger partial charge >= 0.3 is 23.9 Å². The third-order valence-electron chi connectivity index (χ3n) is 8.70. The van der Waals surface area contributed by atoms with Gasteiger partial charge < -0.3 is 9.47 Å². The van der Waals surface area contributed by atoms with Crippen molar-refractivity contribution in [2.24, 2.45) is 0 Å². The lowest BCUT2D eigenvalue weighted by molar-refractivity contribution is -0.329. The van der Waals surface area contributed by atoms with Crippen molar-refractivity contribution in [3.63, 3.8) is 0 Å². The number of esters is 2. The summed E-state index contributed by atoms with van der Waals surface area (Å²) < 4.78 is 10.1. The fraction of sp³-hybridized carbons (Fsp3) is 0.750. The van der Waals surface area contributed by atoms with E-state index < -0.39 is 35.1 Å². The summed E-state index contributed by atoms with van der Waals surface area (Å²) in [5.74, 6) is -4.69. The Morgan fingerprint density at radius 3 is 1.08 bits per heavy atom. The van der Waals surface area contributed by atoms with Crippen molar-refractivity contribution in [2.45, 2.75) is 181 Å². The molecule has 0 saturated carbocycles. The molecule has 286 valence electrons. The first-order valence-corrected chi connectivity index (χ1v) is 19.2. The Morgan fingerprint density at radius 2 is 0.760 bits per heavy atom. The SMILES string of the molecule is CCCCCCCCCCCCOC(=O)C(=O)OOC(C)(C)c1cccc(C(C)(C)OOC(=O)C(=O)OCCCCCCCCCCCC)c1. The third kappa shape index (κ3) is 20.6. The van der Waals surface area contributed by atoms with Crippen LogP contribution in [0.4, 0.5) is 0 Å². The van der Waals surface area contributed by atoms with Crippen molar-refractivity contribution in [3.8, 4) is 0 Å². The second-order valence-corrected chi connectivity index (χ2v) is 14.1. The molecule has 0 atom stereocenters. The van der Waals surface area contributed by atoms with Crippen LogP contribution in [0.25, 0.3) is 0 Å². The summed E-state index contributed by atoms with van der Waals surface area (Å²) in [5.41, 5.74) is -1.15. The first-order valence-electron chi connectivity index (χ1n) is 19.2. The molecule has 0 aromatic heterocycles. The minimum atomic E-state index is -1.24. The topological polar surface area (TPSA) is 124 Å². The van der Waals surface area contributed by atoms with Crippen LogP contribution in [0.1, 0.15) is 181 Å². The van der Waals surface area contributed by atoms with Crippen LogP contribution in [0.2, 0.25) is 0 Å². The van der Waals surface area contributed by atoms with E-state index in [1.807, 2.05) is 0 Å². The van der Waals surface area contributed by atoms with Gasteiger partial charge in [0, 0.05) is 0 Å². The molecule has 0 aliphatic carbocycles. The molecule has 0 N–H and O–H groups in total. The molecular weight excluding hydrogens is 640 g/mol. The first-order chi connectivity index (χ1) is 23.9. The highest BCUT2D eigenvalue weighted by atomic mass is 17.2. The molecule has 0 heterocycles. The molecule has 0 bridgehead atoms. The Morgan fingerprint density at radius 1 is 0.460 bits per heavy atom. The molecule has 0 unspecified atom stereocenters. The number of carbonyl (C=O) groups excluding carboxylic acids is 4. The Hall–Kier alpha value is -2.98. The summed E-state index contributed by atoms with van der Waals surface area (Å²) in [5, 5.41) is 0. The highest BCUT2D eigenvalue weighted by Gasteiger charge is 2.32. The van der Waals surface area contributed by atoms with Crippen LogP contribution in [-0.2, 0) is 59.4 Å². The maximum absolute atomic E-state index is 12.2. The largest absolute Gasteiger partial charge is 0.457 e. The maximum Gasteiger partial charge on any atom is 0.449 e. The molecule has 0 aliphatic heterocycles. The van der Waals surface area contributed by atoms with Gasteiger partial charge in [-0.1, -0.05) is 148 Å². The summed E-state index contributed by atoms with van der Waals surface area (Å²) in [4.78, 5) is 69.0. The molecule has 0 fully saturated rings.